The molecule has 0 heterocycles. The van der Waals surface area contributed by atoms with Gasteiger partial charge in [-0.2, -0.15) is 5.26 Å². The summed E-state index contributed by atoms with van der Waals surface area (Å²) in [6.45, 7) is 4.07. The molecule has 0 atom stereocenters. The molecule has 2 aromatic carbocycles. The number of hydrogen-bond acceptors (Lipinski definition) is 2. The fourth-order valence-electron chi connectivity index (χ4n) is 1.73. The third-order valence-electron chi connectivity index (χ3n) is 2.56. The Kier molecular flexibility index (Phi) is 3.69. The van der Waals surface area contributed by atoms with Gasteiger partial charge in [0, 0.05) is 9.79 Å². The van der Waals surface area contributed by atoms with Crippen LogP contribution in [0.1, 0.15) is 16.7 Å². The van der Waals surface area contributed by atoms with Crippen molar-refractivity contribution in [3.05, 3.63) is 58.9 Å². The van der Waals surface area contributed by atoms with E-state index in [2.05, 4.69) is 6.07 Å². The second-order valence-corrected chi connectivity index (χ2v) is 5.27. The summed E-state index contributed by atoms with van der Waals surface area (Å²) in [6, 6.07) is 12.5. The van der Waals surface area contributed by atoms with Gasteiger partial charge in [0.05, 0.1) is 11.6 Å². The van der Waals surface area contributed by atoms with Crippen LogP contribution in [0.5, 0.6) is 0 Å². The van der Waals surface area contributed by atoms with E-state index in [1.54, 1.807) is 6.07 Å². The van der Waals surface area contributed by atoms with Gasteiger partial charge in [-0.15, -0.1) is 0 Å². The summed E-state index contributed by atoms with van der Waals surface area (Å²) >= 11 is 1.48. The number of benzene rings is 2. The van der Waals surface area contributed by atoms with Crippen molar-refractivity contribution < 1.29 is 4.39 Å². The van der Waals surface area contributed by atoms with Gasteiger partial charge in [0.15, 0.2) is 0 Å². The molecular formula is C15H12FNS. The molecule has 0 N–H and O–H groups in total. The molecule has 0 aliphatic heterocycles. The van der Waals surface area contributed by atoms with Crippen molar-refractivity contribution in [1.82, 2.24) is 0 Å². The van der Waals surface area contributed by atoms with Crippen molar-refractivity contribution in [3.8, 4) is 6.07 Å². The van der Waals surface area contributed by atoms with Gasteiger partial charge in [-0.05, 0) is 43.7 Å². The smallest absolute Gasteiger partial charge is 0.125 e. The molecule has 2 aromatic rings. The van der Waals surface area contributed by atoms with E-state index in [0.717, 1.165) is 15.4 Å². The highest BCUT2D eigenvalue weighted by Gasteiger charge is 2.05. The molecule has 90 valence electrons. The lowest BCUT2D eigenvalue weighted by Crippen LogP contribution is -1.84. The minimum absolute atomic E-state index is 0.349. The van der Waals surface area contributed by atoms with Crippen LogP contribution in [0.25, 0.3) is 0 Å². The number of aryl methyl sites for hydroxylation is 2. The van der Waals surface area contributed by atoms with E-state index in [1.807, 2.05) is 32.0 Å². The van der Waals surface area contributed by atoms with Crippen LogP contribution in [-0.4, -0.2) is 0 Å². The maximum absolute atomic E-state index is 13.3. The molecule has 0 saturated heterocycles. The predicted octanol–water partition coefficient (Wildman–Crippen LogP) is 4.47. The molecule has 18 heavy (non-hydrogen) atoms. The van der Waals surface area contributed by atoms with E-state index in [1.165, 1.54) is 29.5 Å². The monoisotopic (exact) mass is 257 g/mol. The molecule has 0 aliphatic carbocycles. The summed E-state index contributed by atoms with van der Waals surface area (Å²) < 4.78 is 13.3. The Morgan fingerprint density at radius 1 is 1.11 bits per heavy atom. The van der Waals surface area contributed by atoms with E-state index < -0.39 is 0 Å². The molecule has 2 rings (SSSR count). The molecule has 1 nitrogen and oxygen atoms in total. The number of nitrogens with zero attached hydrogens (tertiary/aromatic N) is 1. The molecule has 3 heteroatoms. The SMILES string of the molecule is Cc1ccc(Sc2cc(F)cc(C#N)c2)c(C)c1. The van der Waals surface area contributed by atoms with E-state index in [-0.39, 0.29) is 5.82 Å². The molecule has 0 saturated carbocycles. The van der Waals surface area contributed by atoms with Crippen LogP contribution in [0.2, 0.25) is 0 Å². The number of rotatable bonds is 2. The van der Waals surface area contributed by atoms with Gasteiger partial charge in [-0.3, -0.25) is 0 Å². The van der Waals surface area contributed by atoms with Crippen molar-refractivity contribution in [3.63, 3.8) is 0 Å². The van der Waals surface area contributed by atoms with E-state index >= 15 is 0 Å². The summed E-state index contributed by atoms with van der Waals surface area (Å²) in [5, 5.41) is 8.82. The Morgan fingerprint density at radius 3 is 2.56 bits per heavy atom. The molecule has 0 unspecified atom stereocenters. The van der Waals surface area contributed by atoms with Crippen molar-refractivity contribution in [1.29, 1.82) is 5.26 Å². The molecule has 0 radical (unpaired) electrons. The third-order valence-corrected chi connectivity index (χ3v) is 3.71. The minimum Gasteiger partial charge on any atom is -0.207 e. The van der Waals surface area contributed by atoms with Gasteiger partial charge >= 0.3 is 0 Å². The topological polar surface area (TPSA) is 23.8 Å². The van der Waals surface area contributed by atoms with Crippen LogP contribution in [0.15, 0.2) is 46.2 Å². The van der Waals surface area contributed by atoms with Crippen LogP contribution in [0, 0.1) is 31.0 Å². The lowest BCUT2D eigenvalue weighted by molar-refractivity contribution is 0.623. The average molecular weight is 257 g/mol. The van der Waals surface area contributed by atoms with Gasteiger partial charge in [-0.25, -0.2) is 4.39 Å². The zero-order valence-corrected chi connectivity index (χ0v) is 11.0. The standard InChI is InChI=1S/C15H12FNS/c1-10-3-4-15(11(2)5-10)18-14-7-12(9-17)6-13(16)8-14/h3-8H,1-2H3. The first kappa shape index (κ1) is 12.7. The first-order valence-corrected chi connectivity index (χ1v) is 6.36. The zero-order chi connectivity index (χ0) is 13.1. The maximum atomic E-state index is 13.3. The number of halogens is 1. The van der Waals surface area contributed by atoms with Crippen molar-refractivity contribution in [2.75, 3.05) is 0 Å². The molecule has 0 aliphatic rings. The highest BCUT2D eigenvalue weighted by molar-refractivity contribution is 7.99. The van der Waals surface area contributed by atoms with Crippen LogP contribution in [0.4, 0.5) is 4.39 Å². The van der Waals surface area contributed by atoms with Crippen LogP contribution in [-0.2, 0) is 0 Å². The van der Waals surface area contributed by atoms with E-state index in [0.29, 0.717) is 5.56 Å². The van der Waals surface area contributed by atoms with Gasteiger partial charge in [-0.1, -0.05) is 29.5 Å². The summed E-state index contributed by atoms with van der Waals surface area (Å²) in [7, 11) is 0. The number of nitriles is 1. The van der Waals surface area contributed by atoms with Crippen molar-refractivity contribution in [2.24, 2.45) is 0 Å². The Labute approximate surface area is 110 Å². The molecule has 0 aromatic heterocycles. The molecule has 0 spiro atoms. The lowest BCUT2D eigenvalue weighted by Gasteiger charge is -2.07. The molecular weight excluding hydrogens is 245 g/mol. The number of hydrogen-bond donors (Lipinski definition) is 0. The van der Waals surface area contributed by atoms with Crippen LogP contribution >= 0.6 is 11.8 Å². The van der Waals surface area contributed by atoms with Crippen molar-refractivity contribution >= 4 is 11.8 Å². The second kappa shape index (κ2) is 5.24. The summed E-state index contributed by atoms with van der Waals surface area (Å²) in [4.78, 5) is 1.83. The average Bonchev–Trinajstić information content (AvgIpc) is 2.32. The largest absolute Gasteiger partial charge is 0.207 e. The fourth-order valence-corrected chi connectivity index (χ4v) is 2.69. The zero-order valence-electron chi connectivity index (χ0n) is 10.2. The highest BCUT2D eigenvalue weighted by Crippen LogP contribution is 2.31. The van der Waals surface area contributed by atoms with Gasteiger partial charge < -0.3 is 0 Å². The van der Waals surface area contributed by atoms with Crippen molar-refractivity contribution in [2.45, 2.75) is 23.6 Å². The second-order valence-electron chi connectivity index (χ2n) is 4.16. The first-order chi connectivity index (χ1) is 8.58. The van der Waals surface area contributed by atoms with Gasteiger partial charge in [0.2, 0.25) is 0 Å². The van der Waals surface area contributed by atoms with Crippen LogP contribution < -0.4 is 0 Å². The Bertz CT molecular complexity index is 629. The minimum atomic E-state index is -0.374. The van der Waals surface area contributed by atoms with E-state index in [4.69, 9.17) is 5.26 Å². The summed E-state index contributed by atoms with van der Waals surface area (Å²) in [6.07, 6.45) is 0. The Balaban J connectivity index is 2.34. The summed E-state index contributed by atoms with van der Waals surface area (Å²) in [5.74, 6) is -0.374. The van der Waals surface area contributed by atoms with Gasteiger partial charge in [0.25, 0.3) is 0 Å². The fraction of sp³-hybridized carbons (Fsp3) is 0.133. The molecule has 0 amide bonds. The van der Waals surface area contributed by atoms with Gasteiger partial charge in [0.1, 0.15) is 5.82 Å². The quantitative estimate of drug-likeness (QED) is 0.792. The van der Waals surface area contributed by atoms with Crippen LogP contribution in [0.3, 0.4) is 0 Å². The third kappa shape index (κ3) is 2.91. The Morgan fingerprint density at radius 2 is 1.89 bits per heavy atom. The highest BCUT2D eigenvalue weighted by atomic mass is 32.2. The maximum Gasteiger partial charge on any atom is 0.125 e. The molecule has 0 bridgehead atoms. The molecule has 0 fully saturated rings. The van der Waals surface area contributed by atoms with E-state index in [9.17, 15) is 4.39 Å². The predicted molar refractivity (Wildman–Crippen MR) is 71.2 cm³/mol. The Hall–Kier alpha value is -1.79. The lowest BCUT2D eigenvalue weighted by atomic mass is 10.2. The normalized spacial score (nSPS) is 10.1. The first-order valence-electron chi connectivity index (χ1n) is 5.54. The summed E-state index contributed by atoms with van der Waals surface area (Å²) in [5.41, 5.74) is 2.71.